The number of amides is 1. The fraction of sp³-hybridized carbons (Fsp3) is 0.308. The molecular formula is C13H15N3O5S2. The maximum Gasteiger partial charge on any atom is 0.260 e. The maximum atomic E-state index is 12.0. The highest BCUT2D eigenvalue weighted by molar-refractivity contribution is 7.90. The normalized spacial score (nSPS) is 11.1. The van der Waals surface area contributed by atoms with Crippen LogP contribution in [0.25, 0.3) is 0 Å². The predicted octanol–water partition coefficient (Wildman–Crippen LogP) is 1.14. The van der Waals surface area contributed by atoms with Crippen LogP contribution in [0.1, 0.15) is 5.56 Å². The van der Waals surface area contributed by atoms with Gasteiger partial charge >= 0.3 is 0 Å². The molecule has 0 aliphatic heterocycles. The summed E-state index contributed by atoms with van der Waals surface area (Å²) in [6, 6.07) is 5.14. The third-order valence-electron chi connectivity index (χ3n) is 2.80. The second kappa shape index (κ2) is 6.92. The molecule has 2 aromatic rings. The molecule has 0 atom stereocenters. The van der Waals surface area contributed by atoms with Gasteiger partial charge in [0.15, 0.2) is 11.5 Å². The molecule has 0 aliphatic carbocycles. The van der Waals surface area contributed by atoms with Crippen molar-refractivity contribution in [2.75, 3.05) is 25.8 Å². The number of hydrogen-bond acceptors (Lipinski definition) is 8. The smallest absolute Gasteiger partial charge is 0.260 e. The fourth-order valence-electron chi connectivity index (χ4n) is 1.75. The topological polar surface area (TPSA) is 107 Å². The van der Waals surface area contributed by atoms with Crippen molar-refractivity contribution in [3.63, 3.8) is 0 Å². The van der Waals surface area contributed by atoms with Gasteiger partial charge in [-0.25, -0.2) is 8.42 Å². The third kappa shape index (κ3) is 4.39. The molecule has 0 bridgehead atoms. The van der Waals surface area contributed by atoms with Crippen molar-refractivity contribution in [3.05, 3.63) is 23.8 Å². The highest BCUT2D eigenvalue weighted by atomic mass is 32.2. The van der Waals surface area contributed by atoms with Gasteiger partial charge in [0.25, 0.3) is 5.16 Å². The number of hydrogen-bond donors (Lipinski definition) is 1. The molecule has 1 heterocycles. The van der Waals surface area contributed by atoms with E-state index in [4.69, 9.17) is 9.47 Å². The number of carbonyl (C=O) groups is 1. The summed E-state index contributed by atoms with van der Waals surface area (Å²) in [5, 5.41) is 2.35. The SMILES string of the molecule is COc1ccc(CC(=O)Nc2nc(S(C)(=O)=O)ns2)cc1OC. The number of ether oxygens (including phenoxy) is 2. The van der Waals surface area contributed by atoms with Crippen LogP contribution in [0.15, 0.2) is 23.4 Å². The maximum absolute atomic E-state index is 12.0. The van der Waals surface area contributed by atoms with Gasteiger partial charge in [-0.3, -0.25) is 4.79 Å². The van der Waals surface area contributed by atoms with E-state index in [9.17, 15) is 13.2 Å². The van der Waals surface area contributed by atoms with Crippen LogP contribution in [0.2, 0.25) is 0 Å². The molecule has 1 aromatic carbocycles. The summed E-state index contributed by atoms with van der Waals surface area (Å²) in [4.78, 5) is 15.8. The van der Waals surface area contributed by atoms with Gasteiger partial charge in [0.1, 0.15) is 0 Å². The van der Waals surface area contributed by atoms with Crippen molar-refractivity contribution < 1.29 is 22.7 Å². The second-order valence-corrected chi connectivity index (χ2v) is 7.23. The van der Waals surface area contributed by atoms with E-state index in [2.05, 4.69) is 14.7 Å². The van der Waals surface area contributed by atoms with Crippen molar-refractivity contribution in [3.8, 4) is 11.5 Å². The Morgan fingerprint density at radius 2 is 1.96 bits per heavy atom. The zero-order valence-corrected chi connectivity index (χ0v) is 14.3. The van der Waals surface area contributed by atoms with Crippen LogP contribution in [0.4, 0.5) is 5.13 Å². The summed E-state index contributed by atoms with van der Waals surface area (Å²) in [5.74, 6) is 0.750. The number of methoxy groups -OCH3 is 2. The molecule has 1 aromatic heterocycles. The lowest BCUT2D eigenvalue weighted by Crippen LogP contribution is -2.14. The van der Waals surface area contributed by atoms with E-state index in [0.29, 0.717) is 17.1 Å². The van der Waals surface area contributed by atoms with E-state index < -0.39 is 9.84 Å². The quantitative estimate of drug-likeness (QED) is 0.826. The molecule has 0 unspecified atom stereocenters. The molecule has 0 saturated heterocycles. The molecule has 10 heteroatoms. The first-order valence-corrected chi connectivity index (χ1v) is 9.04. The Hall–Kier alpha value is -2.20. The number of nitrogens with zero attached hydrogens (tertiary/aromatic N) is 2. The van der Waals surface area contributed by atoms with Gasteiger partial charge in [-0.2, -0.15) is 9.36 Å². The monoisotopic (exact) mass is 357 g/mol. The Morgan fingerprint density at radius 3 is 2.52 bits per heavy atom. The van der Waals surface area contributed by atoms with E-state index in [0.717, 1.165) is 17.8 Å². The molecule has 0 spiro atoms. The van der Waals surface area contributed by atoms with Crippen LogP contribution in [0.3, 0.4) is 0 Å². The Morgan fingerprint density at radius 1 is 1.26 bits per heavy atom. The first-order valence-electron chi connectivity index (χ1n) is 6.38. The summed E-state index contributed by atoms with van der Waals surface area (Å²) >= 11 is 0.812. The summed E-state index contributed by atoms with van der Waals surface area (Å²) in [5.41, 5.74) is 0.716. The Labute approximate surface area is 137 Å². The molecule has 124 valence electrons. The summed E-state index contributed by atoms with van der Waals surface area (Å²) in [7, 11) is -0.450. The predicted molar refractivity (Wildman–Crippen MR) is 84.9 cm³/mol. The van der Waals surface area contributed by atoms with Crippen LogP contribution in [0, 0.1) is 0 Å². The molecule has 2 rings (SSSR count). The largest absolute Gasteiger partial charge is 0.493 e. The van der Waals surface area contributed by atoms with Crippen molar-refractivity contribution in [1.29, 1.82) is 0 Å². The average Bonchev–Trinajstić information content (AvgIpc) is 2.95. The van der Waals surface area contributed by atoms with E-state index >= 15 is 0 Å². The number of rotatable bonds is 6. The zero-order valence-electron chi connectivity index (χ0n) is 12.7. The molecule has 0 radical (unpaired) electrons. The van der Waals surface area contributed by atoms with Crippen molar-refractivity contribution in [1.82, 2.24) is 9.36 Å². The first kappa shape index (κ1) is 17.2. The molecular weight excluding hydrogens is 342 g/mol. The molecule has 23 heavy (non-hydrogen) atoms. The molecule has 0 aliphatic rings. The molecule has 0 fully saturated rings. The number of carbonyl (C=O) groups excluding carboxylic acids is 1. The molecule has 8 nitrogen and oxygen atoms in total. The third-order valence-corrected chi connectivity index (χ3v) is 4.39. The standard InChI is InChI=1S/C13H15N3O5S2/c1-20-9-5-4-8(6-10(9)21-2)7-11(17)14-12-15-13(16-22-12)23(3,18)19/h4-6H,7H2,1-3H3,(H,14,15,16,17). The van der Waals surface area contributed by atoms with Gasteiger partial charge in [0.2, 0.25) is 20.9 Å². The lowest BCUT2D eigenvalue weighted by Gasteiger charge is -2.09. The van der Waals surface area contributed by atoms with Gasteiger partial charge in [-0.1, -0.05) is 6.07 Å². The summed E-state index contributed by atoms with van der Waals surface area (Å²) < 4.78 is 36.6. The van der Waals surface area contributed by atoms with Crippen molar-refractivity contribution in [2.45, 2.75) is 11.6 Å². The van der Waals surface area contributed by atoms with Gasteiger partial charge < -0.3 is 14.8 Å². The number of sulfone groups is 1. The minimum absolute atomic E-state index is 0.0775. The van der Waals surface area contributed by atoms with Crippen LogP contribution >= 0.6 is 11.5 Å². The van der Waals surface area contributed by atoms with Crippen LogP contribution in [-0.4, -0.2) is 44.2 Å². The number of aromatic nitrogens is 2. The van der Waals surface area contributed by atoms with Gasteiger partial charge in [-0.15, -0.1) is 0 Å². The molecule has 0 saturated carbocycles. The summed E-state index contributed by atoms with van der Waals surface area (Å²) in [6.45, 7) is 0. The second-order valence-electron chi connectivity index (χ2n) is 4.57. The van der Waals surface area contributed by atoms with Gasteiger partial charge in [0, 0.05) is 17.8 Å². The Kier molecular flexibility index (Phi) is 5.16. The van der Waals surface area contributed by atoms with Gasteiger partial charge in [-0.05, 0) is 17.7 Å². The van der Waals surface area contributed by atoms with Crippen LogP contribution < -0.4 is 14.8 Å². The molecule has 1 amide bonds. The Bertz CT molecular complexity index is 817. The van der Waals surface area contributed by atoms with E-state index in [1.165, 1.54) is 14.2 Å². The van der Waals surface area contributed by atoms with E-state index in [1.807, 2.05) is 0 Å². The first-order chi connectivity index (χ1) is 10.8. The van der Waals surface area contributed by atoms with Crippen molar-refractivity contribution >= 4 is 32.4 Å². The van der Waals surface area contributed by atoms with Crippen LogP contribution in [0.5, 0.6) is 11.5 Å². The minimum Gasteiger partial charge on any atom is -0.493 e. The number of anilines is 1. The number of benzene rings is 1. The molecule has 1 N–H and O–H groups in total. The lowest BCUT2D eigenvalue weighted by molar-refractivity contribution is -0.115. The highest BCUT2D eigenvalue weighted by Gasteiger charge is 2.16. The van der Waals surface area contributed by atoms with E-state index in [-0.39, 0.29) is 22.6 Å². The highest BCUT2D eigenvalue weighted by Crippen LogP contribution is 2.27. The Balaban J connectivity index is 2.06. The van der Waals surface area contributed by atoms with Crippen molar-refractivity contribution in [2.24, 2.45) is 0 Å². The lowest BCUT2D eigenvalue weighted by atomic mass is 10.1. The zero-order chi connectivity index (χ0) is 17.0. The average molecular weight is 357 g/mol. The summed E-state index contributed by atoms with van der Waals surface area (Å²) in [6.07, 6.45) is 1.08. The van der Waals surface area contributed by atoms with E-state index in [1.54, 1.807) is 18.2 Å². The number of nitrogens with one attached hydrogen (secondary N) is 1. The van der Waals surface area contributed by atoms with Crippen LogP contribution in [-0.2, 0) is 21.1 Å². The minimum atomic E-state index is -3.49. The van der Waals surface area contributed by atoms with Gasteiger partial charge in [0.05, 0.1) is 20.6 Å². The fourth-order valence-corrected chi connectivity index (χ4v) is 3.21.